The van der Waals surface area contributed by atoms with E-state index in [1.807, 2.05) is 19.1 Å². The van der Waals surface area contributed by atoms with E-state index in [1.54, 1.807) is 35.0 Å². The van der Waals surface area contributed by atoms with Crippen LogP contribution in [-0.2, 0) is 17.6 Å². The molecule has 1 atom stereocenters. The molecule has 2 aromatic heterocycles. The lowest BCUT2D eigenvalue weighted by Crippen LogP contribution is -2.26. The number of carbonyl (C=O) groups excluding carboxylic acids is 1. The number of benzene rings is 2. The Hall–Kier alpha value is -3.41. The van der Waals surface area contributed by atoms with Crippen molar-refractivity contribution in [2.24, 2.45) is 0 Å². The maximum atomic E-state index is 14.0. The van der Waals surface area contributed by atoms with E-state index < -0.39 is 10.2 Å². The van der Waals surface area contributed by atoms with E-state index in [0.29, 0.717) is 33.4 Å². The van der Waals surface area contributed by atoms with Crippen molar-refractivity contribution >= 4 is 62.2 Å². The lowest BCUT2D eigenvalue weighted by atomic mass is 9.97. The van der Waals surface area contributed by atoms with Crippen molar-refractivity contribution in [1.29, 1.82) is 0 Å². The molecule has 12 heteroatoms. The summed E-state index contributed by atoms with van der Waals surface area (Å²) in [5.74, 6) is 0.312. The minimum Gasteiger partial charge on any atom is -0.494 e. The number of thiophene rings is 1. The molecule has 0 saturated heterocycles. The molecule has 0 radical (unpaired) electrons. The van der Waals surface area contributed by atoms with Crippen LogP contribution in [0, 0.1) is 10.1 Å². The van der Waals surface area contributed by atoms with Crippen LogP contribution < -0.4 is 15.6 Å². The average Bonchev–Trinajstić information content (AvgIpc) is 3.29. The van der Waals surface area contributed by atoms with Gasteiger partial charge in [-0.1, -0.05) is 23.4 Å². The zero-order chi connectivity index (χ0) is 27.7. The third-order valence-corrected chi connectivity index (χ3v) is 8.99. The second-order valence-corrected chi connectivity index (χ2v) is 11.8. The number of hydrogen-bond acceptors (Lipinski definition) is 8. The highest BCUT2D eigenvalue weighted by atomic mass is 35.5. The van der Waals surface area contributed by atoms with Gasteiger partial charge in [-0.05, 0) is 75.4 Å². The number of aromatic nitrogens is 2. The Balaban J connectivity index is 1.51. The highest BCUT2D eigenvalue weighted by Crippen LogP contribution is 2.36. The lowest BCUT2D eigenvalue weighted by Gasteiger charge is -2.17. The summed E-state index contributed by atoms with van der Waals surface area (Å²) >= 11 is 8.88. The summed E-state index contributed by atoms with van der Waals surface area (Å²) in [5.41, 5.74) is 1.65. The van der Waals surface area contributed by atoms with Gasteiger partial charge in [-0.15, -0.1) is 11.3 Å². The smallest absolute Gasteiger partial charge is 0.271 e. The monoisotopic (exact) mass is 584 g/mol. The predicted octanol–water partition coefficient (Wildman–Crippen LogP) is 6.41. The number of nitrogens with zero attached hydrogens (tertiary/aromatic N) is 3. The first kappa shape index (κ1) is 27.2. The normalized spacial score (nSPS) is 13.6. The highest BCUT2D eigenvalue weighted by Gasteiger charge is 2.25. The molecule has 202 valence electrons. The summed E-state index contributed by atoms with van der Waals surface area (Å²) in [4.78, 5) is 44.3. The van der Waals surface area contributed by atoms with Crippen LogP contribution in [0.3, 0.4) is 0 Å². The van der Waals surface area contributed by atoms with Gasteiger partial charge in [0.15, 0.2) is 5.16 Å². The molecular formula is C27H25ClN4O5S2. The number of nitro benzene ring substituents is 1. The van der Waals surface area contributed by atoms with E-state index in [-0.39, 0.29) is 27.9 Å². The maximum absolute atomic E-state index is 14.0. The highest BCUT2D eigenvalue weighted by molar-refractivity contribution is 8.00. The number of anilines is 1. The molecule has 0 fully saturated rings. The van der Waals surface area contributed by atoms with Gasteiger partial charge in [0.05, 0.1) is 38.6 Å². The van der Waals surface area contributed by atoms with Crippen molar-refractivity contribution in [2.75, 3.05) is 11.9 Å². The topological polar surface area (TPSA) is 116 Å². The zero-order valence-corrected chi connectivity index (χ0v) is 23.6. The molecule has 9 nitrogen and oxygen atoms in total. The van der Waals surface area contributed by atoms with Crippen LogP contribution in [0.4, 0.5) is 11.4 Å². The molecule has 1 N–H and O–H groups in total. The molecule has 2 aromatic carbocycles. The minimum atomic E-state index is -0.663. The standard InChI is InChI=1S/C27H25ClN4O5S2/c1-3-37-18-11-8-16(9-12-18)31-26(34)23-19-6-4-5-7-22(19)39-25(23)30-27(31)38-15(2)24(33)29-21-13-10-17(32(35)36)14-20(21)28/h8-15H,3-7H2,1-2H3,(H,29,33)/t15-/m0/s1. The number of non-ortho nitro benzene ring substituents is 1. The van der Waals surface area contributed by atoms with Crippen LogP contribution in [0.5, 0.6) is 5.75 Å². The van der Waals surface area contributed by atoms with E-state index in [4.69, 9.17) is 21.3 Å². The van der Waals surface area contributed by atoms with Gasteiger partial charge in [0.1, 0.15) is 10.6 Å². The first-order chi connectivity index (χ1) is 18.8. The Morgan fingerprint density at radius 3 is 2.69 bits per heavy atom. The molecule has 0 spiro atoms. The molecule has 0 aliphatic heterocycles. The van der Waals surface area contributed by atoms with E-state index in [0.717, 1.165) is 43.0 Å². The fourth-order valence-electron chi connectivity index (χ4n) is 4.52. The first-order valence-corrected chi connectivity index (χ1v) is 14.6. The van der Waals surface area contributed by atoms with Gasteiger partial charge in [-0.2, -0.15) is 0 Å². The summed E-state index contributed by atoms with van der Waals surface area (Å²) in [7, 11) is 0. The Bertz CT molecular complexity index is 1630. The third kappa shape index (κ3) is 5.52. The Morgan fingerprint density at radius 2 is 2.00 bits per heavy atom. The largest absolute Gasteiger partial charge is 0.494 e. The van der Waals surface area contributed by atoms with Gasteiger partial charge >= 0.3 is 0 Å². The van der Waals surface area contributed by atoms with E-state index in [9.17, 15) is 19.7 Å². The Kier molecular flexibility index (Phi) is 7.92. The van der Waals surface area contributed by atoms with Crippen molar-refractivity contribution in [3.05, 3.63) is 78.4 Å². The van der Waals surface area contributed by atoms with E-state index in [1.165, 1.54) is 23.1 Å². The van der Waals surface area contributed by atoms with Crippen molar-refractivity contribution in [2.45, 2.75) is 49.9 Å². The lowest BCUT2D eigenvalue weighted by molar-refractivity contribution is -0.384. The fraction of sp³-hybridized carbons (Fsp3) is 0.296. The molecule has 0 saturated carbocycles. The number of ether oxygens (including phenoxy) is 1. The Morgan fingerprint density at radius 1 is 1.26 bits per heavy atom. The molecule has 5 rings (SSSR count). The van der Waals surface area contributed by atoms with Crippen LogP contribution in [0.1, 0.15) is 37.1 Å². The van der Waals surface area contributed by atoms with Gasteiger partial charge in [0.2, 0.25) is 5.91 Å². The fourth-order valence-corrected chi connectivity index (χ4v) is 6.97. The number of halogens is 1. The van der Waals surface area contributed by atoms with Crippen molar-refractivity contribution in [3.63, 3.8) is 0 Å². The summed E-state index contributed by atoms with van der Waals surface area (Å²) in [6, 6.07) is 11.1. The van der Waals surface area contributed by atoms with Crippen LogP contribution in [0.2, 0.25) is 5.02 Å². The van der Waals surface area contributed by atoms with E-state index in [2.05, 4.69) is 5.32 Å². The Labute approximate surface area is 237 Å². The number of carbonyl (C=O) groups is 1. The quantitative estimate of drug-likeness (QED) is 0.110. The number of nitro groups is 1. The third-order valence-electron chi connectivity index (χ3n) is 6.44. The van der Waals surface area contributed by atoms with Gasteiger partial charge in [-0.3, -0.25) is 24.3 Å². The van der Waals surface area contributed by atoms with Crippen molar-refractivity contribution < 1.29 is 14.5 Å². The molecule has 1 aliphatic rings. The minimum absolute atomic E-state index is 0.0600. The molecule has 0 bridgehead atoms. The van der Waals surface area contributed by atoms with Crippen molar-refractivity contribution in [1.82, 2.24) is 9.55 Å². The molecule has 39 heavy (non-hydrogen) atoms. The number of hydrogen-bond donors (Lipinski definition) is 1. The summed E-state index contributed by atoms with van der Waals surface area (Å²) in [6.07, 6.45) is 3.93. The van der Waals surface area contributed by atoms with Crippen LogP contribution >= 0.6 is 34.7 Å². The van der Waals surface area contributed by atoms with Crippen molar-refractivity contribution in [3.8, 4) is 11.4 Å². The number of aryl methyl sites for hydroxylation is 2. The molecule has 1 aliphatic carbocycles. The summed E-state index contributed by atoms with van der Waals surface area (Å²) < 4.78 is 7.13. The van der Waals surface area contributed by atoms with Gasteiger partial charge in [-0.25, -0.2) is 4.98 Å². The van der Waals surface area contributed by atoms with E-state index >= 15 is 0 Å². The van der Waals surface area contributed by atoms with Crippen LogP contribution in [0.25, 0.3) is 15.9 Å². The number of fused-ring (bicyclic) bond motifs is 3. The summed E-state index contributed by atoms with van der Waals surface area (Å²) in [6.45, 7) is 4.14. The van der Waals surface area contributed by atoms with Gasteiger partial charge in [0, 0.05) is 17.0 Å². The number of amides is 1. The second-order valence-electron chi connectivity index (χ2n) is 9.02. The average molecular weight is 585 g/mol. The number of nitrogens with one attached hydrogen (secondary N) is 1. The SMILES string of the molecule is CCOc1ccc(-n2c(S[C@@H](C)C(=O)Nc3ccc([N+](=O)[O-])cc3Cl)nc3sc4c(c3c2=O)CCCC4)cc1. The molecular weight excluding hydrogens is 560 g/mol. The zero-order valence-electron chi connectivity index (χ0n) is 21.2. The van der Waals surface area contributed by atoms with Crippen LogP contribution in [-0.4, -0.2) is 32.2 Å². The molecule has 2 heterocycles. The molecule has 4 aromatic rings. The van der Waals surface area contributed by atoms with Gasteiger partial charge < -0.3 is 10.1 Å². The second kappa shape index (κ2) is 11.4. The number of thioether (sulfide) groups is 1. The molecule has 0 unspecified atom stereocenters. The molecule has 1 amide bonds. The first-order valence-electron chi connectivity index (χ1n) is 12.5. The van der Waals surface area contributed by atoms with Gasteiger partial charge in [0.25, 0.3) is 11.2 Å². The summed E-state index contributed by atoms with van der Waals surface area (Å²) in [5, 5.41) is 14.2. The maximum Gasteiger partial charge on any atom is 0.271 e. The van der Waals surface area contributed by atoms with Crippen LogP contribution in [0.15, 0.2) is 52.4 Å². The predicted molar refractivity (Wildman–Crippen MR) is 155 cm³/mol. The number of rotatable bonds is 8.